The van der Waals surface area contributed by atoms with Gasteiger partial charge in [0.1, 0.15) is 9.39 Å². The van der Waals surface area contributed by atoms with Crippen LogP contribution in [0.2, 0.25) is 0 Å². The van der Waals surface area contributed by atoms with E-state index in [1.807, 2.05) is 27.5 Å². The Hall–Kier alpha value is -0.150. The molecule has 90 valence electrons. The van der Waals surface area contributed by atoms with E-state index in [-0.39, 0.29) is 5.56 Å². The zero-order valence-corrected chi connectivity index (χ0v) is 12.6. The third-order valence-corrected chi connectivity index (χ3v) is 3.32. The van der Waals surface area contributed by atoms with E-state index in [2.05, 4.69) is 25.9 Å². The van der Waals surface area contributed by atoms with Crippen molar-refractivity contribution < 1.29 is 4.74 Å². The third-order valence-electron chi connectivity index (χ3n) is 2.00. The van der Waals surface area contributed by atoms with Crippen LogP contribution in [0.3, 0.4) is 0 Å². The van der Waals surface area contributed by atoms with Crippen LogP contribution in [0.15, 0.2) is 11.1 Å². The SMILES string of the molecule is COCCN(CCBr)c1nc[nH]c(=O)c1I. The van der Waals surface area contributed by atoms with Crippen LogP contribution < -0.4 is 10.5 Å². The molecule has 0 saturated heterocycles. The molecule has 0 saturated carbocycles. The average Bonchev–Trinajstić information content (AvgIpc) is 2.28. The molecule has 1 rings (SSSR count). The van der Waals surface area contributed by atoms with Crippen molar-refractivity contribution in [1.82, 2.24) is 9.97 Å². The number of methoxy groups -OCH3 is 1. The zero-order chi connectivity index (χ0) is 12.0. The van der Waals surface area contributed by atoms with Gasteiger partial charge in [-0.05, 0) is 22.6 Å². The van der Waals surface area contributed by atoms with E-state index in [0.29, 0.717) is 22.5 Å². The van der Waals surface area contributed by atoms with Crippen molar-refractivity contribution in [2.45, 2.75) is 0 Å². The summed E-state index contributed by atoms with van der Waals surface area (Å²) in [7, 11) is 1.66. The van der Waals surface area contributed by atoms with Gasteiger partial charge in [-0.25, -0.2) is 4.98 Å². The lowest BCUT2D eigenvalue weighted by Gasteiger charge is -2.22. The molecule has 0 fully saturated rings. The number of aromatic nitrogens is 2. The first kappa shape index (κ1) is 13.9. The second-order valence-electron chi connectivity index (χ2n) is 3.04. The van der Waals surface area contributed by atoms with Gasteiger partial charge in [-0.15, -0.1) is 0 Å². The van der Waals surface area contributed by atoms with Gasteiger partial charge in [0.05, 0.1) is 12.9 Å². The Morgan fingerprint density at radius 3 is 3.00 bits per heavy atom. The number of rotatable bonds is 6. The summed E-state index contributed by atoms with van der Waals surface area (Å²) in [4.78, 5) is 20.2. The molecule has 0 aliphatic rings. The minimum Gasteiger partial charge on any atom is -0.383 e. The van der Waals surface area contributed by atoms with Gasteiger partial charge in [-0.1, -0.05) is 15.9 Å². The lowest BCUT2D eigenvalue weighted by molar-refractivity contribution is 0.205. The molecule has 0 radical (unpaired) electrons. The van der Waals surface area contributed by atoms with Crippen molar-refractivity contribution >= 4 is 44.3 Å². The van der Waals surface area contributed by atoms with Crippen molar-refractivity contribution in [2.24, 2.45) is 0 Å². The lowest BCUT2D eigenvalue weighted by atomic mass is 10.4. The Morgan fingerprint density at radius 1 is 1.62 bits per heavy atom. The Morgan fingerprint density at radius 2 is 2.38 bits per heavy atom. The Balaban J connectivity index is 2.91. The first-order valence-corrected chi connectivity index (χ1v) is 6.93. The summed E-state index contributed by atoms with van der Waals surface area (Å²) in [6, 6.07) is 0. The molecule has 1 N–H and O–H groups in total. The molecule has 0 atom stereocenters. The number of halogens is 2. The maximum atomic E-state index is 11.4. The first-order valence-electron chi connectivity index (χ1n) is 4.73. The predicted molar refractivity (Wildman–Crippen MR) is 75.5 cm³/mol. The van der Waals surface area contributed by atoms with E-state index in [1.54, 1.807) is 7.11 Å². The Kier molecular flexibility index (Phi) is 6.29. The summed E-state index contributed by atoms with van der Waals surface area (Å²) < 4.78 is 5.65. The largest absolute Gasteiger partial charge is 0.383 e. The molecule has 1 aromatic rings. The number of aromatic amines is 1. The number of alkyl halides is 1. The monoisotopic (exact) mass is 401 g/mol. The van der Waals surface area contributed by atoms with Crippen LogP contribution in [0.5, 0.6) is 0 Å². The highest BCUT2D eigenvalue weighted by Gasteiger charge is 2.12. The van der Waals surface area contributed by atoms with Gasteiger partial charge >= 0.3 is 0 Å². The maximum Gasteiger partial charge on any atom is 0.266 e. The highest BCUT2D eigenvalue weighted by atomic mass is 127. The summed E-state index contributed by atoms with van der Waals surface area (Å²) >= 11 is 5.39. The molecule has 0 aliphatic carbocycles. The van der Waals surface area contributed by atoms with Gasteiger partial charge in [0.2, 0.25) is 0 Å². The number of nitrogens with one attached hydrogen (secondary N) is 1. The van der Waals surface area contributed by atoms with E-state index >= 15 is 0 Å². The normalized spacial score (nSPS) is 10.4. The summed E-state index contributed by atoms with van der Waals surface area (Å²) in [5, 5.41) is 0.821. The van der Waals surface area contributed by atoms with Crippen molar-refractivity contribution in [3.63, 3.8) is 0 Å². The van der Waals surface area contributed by atoms with Crippen LogP contribution in [-0.4, -0.2) is 42.1 Å². The number of hydrogen-bond acceptors (Lipinski definition) is 4. The van der Waals surface area contributed by atoms with Gasteiger partial charge in [-0.3, -0.25) is 4.79 Å². The molecule has 16 heavy (non-hydrogen) atoms. The fraction of sp³-hybridized carbons (Fsp3) is 0.556. The van der Waals surface area contributed by atoms with Crippen molar-refractivity contribution in [3.05, 3.63) is 20.3 Å². The van der Waals surface area contributed by atoms with Gasteiger partial charge < -0.3 is 14.6 Å². The lowest BCUT2D eigenvalue weighted by Crippen LogP contribution is -2.32. The van der Waals surface area contributed by atoms with Crippen LogP contribution in [0, 0.1) is 3.57 Å². The van der Waals surface area contributed by atoms with Crippen LogP contribution in [0.4, 0.5) is 5.82 Å². The Bertz CT molecular complexity index is 385. The number of H-pyrrole nitrogens is 1. The molecule has 7 heteroatoms. The van der Waals surface area contributed by atoms with Crippen molar-refractivity contribution in [2.75, 3.05) is 37.0 Å². The van der Waals surface area contributed by atoms with E-state index in [1.165, 1.54) is 6.33 Å². The maximum absolute atomic E-state index is 11.4. The Labute approximate surface area is 116 Å². The van der Waals surface area contributed by atoms with E-state index in [0.717, 1.165) is 11.9 Å². The number of anilines is 1. The minimum absolute atomic E-state index is 0.109. The highest BCUT2D eigenvalue weighted by Crippen LogP contribution is 2.15. The van der Waals surface area contributed by atoms with Crippen LogP contribution in [0.1, 0.15) is 0 Å². The topological polar surface area (TPSA) is 58.2 Å². The fourth-order valence-electron chi connectivity index (χ4n) is 1.22. The fourth-order valence-corrected chi connectivity index (χ4v) is 2.29. The summed E-state index contributed by atoms with van der Waals surface area (Å²) in [6.45, 7) is 2.11. The van der Waals surface area contributed by atoms with Crippen LogP contribution >= 0.6 is 38.5 Å². The van der Waals surface area contributed by atoms with E-state index < -0.39 is 0 Å². The second-order valence-corrected chi connectivity index (χ2v) is 4.91. The molecule has 1 aromatic heterocycles. The predicted octanol–water partition coefficient (Wildman–Crippen LogP) is 1.22. The van der Waals surface area contributed by atoms with Gasteiger partial charge in [-0.2, -0.15) is 0 Å². The van der Waals surface area contributed by atoms with Crippen LogP contribution in [-0.2, 0) is 4.74 Å². The molecular formula is C9H13BrIN3O2. The summed E-state index contributed by atoms with van der Waals surface area (Å²) in [5.41, 5.74) is -0.109. The van der Waals surface area contributed by atoms with Crippen LogP contribution in [0.25, 0.3) is 0 Å². The number of hydrogen-bond donors (Lipinski definition) is 1. The van der Waals surface area contributed by atoms with E-state index in [9.17, 15) is 4.79 Å². The zero-order valence-electron chi connectivity index (χ0n) is 8.87. The molecule has 1 heterocycles. The molecule has 0 unspecified atom stereocenters. The number of nitrogens with zero attached hydrogens (tertiary/aromatic N) is 2. The van der Waals surface area contributed by atoms with Crippen molar-refractivity contribution in [3.8, 4) is 0 Å². The molecule has 0 aliphatic heterocycles. The highest BCUT2D eigenvalue weighted by molar-refractivity contribution is 14.1. The van der Waals surface area contributed by atoms with Crippen molar-refractivity contribution in [1.29, 1.82) is 0 Å². The van der Waals surface area contributed by atoms with Gasteiger partial charge in [0, 0.05) is 25.5 Å². The molecule has 0 bridgehead atoms. The molecule has 0 aromatic carbocycles. The average molecular weight is 402 g/mol. The quantitative estimate of drug-likeness (QED) is 0.575. The van der Waals surface area contributed by atoms with E-state index in [4.69, 9.17) is 4.74 Å². The smallest absolute Gasteiger partial charge is 0.266 e. The molecule has 5 nitrogen and oxygen atoms in total. The first-order chi connectivity index (χ1) is 7.70. The third kappa shape index (κ3) is 3.70. The summed E-state index contributed by atoms with van der Waals surface area (Å²) in [6.07, 6.45) is 1.42. The molecular weight excluding hydrogens is 389 g/mol. The minimum atomic E-state index is -0.109. The van der Waals surface area contributed by atoms with Gasteiger partial charge in [0.25, 0.3) is 5.56 Å². The number of ether oxygens (including phenoxy) is 1. The molecule has 0 spiro atoms. The second kappa shape index (κ2) is 7.23. The standard InChI is InChI=1S/C9H13BrIN3O2/c1-16-5-4-14(3-2-10)8-7(11)9(15)13-6-12-8/h6H,2-5H2,1H3,(H,12,13,15). The van der Waals surface area contributed by atoms with Gasteiger partial charge in [0.15, 0.2) is 0 Å². The summed E-state index contributed by atoms with van der Waals surface area (Å²) in [5.74, 6) is 0.709. The molecule has 0 amide bonds.